The van der Waals surface area contributed by atoms with Gasteiger partial charge in [0.15, 0.2) is 5.96 Å². The first-order chi connectivity index (χ1) is 13.0. The Hall–Kier alpha value is -2.11. The molecule has 0 amide bonds. The van der Waals surface area contributed by atoms with E-state index in [0.717, 1.165) is 11.8 Å². The highest BCUT2D eigenvalue weighted by molar-refractivity contribution is 14.0. The van der Waals surface area contributed by atoms with Gasteiger partial charge in [-0.15, -0.1) is 24.0 Å². The van der Waals surface area contributed by atoms with Crippen LogP contribution in [0.1, 0.15) is 18.2 Å². The average Bonchev–Trinajstić information content (AvgIpc) is 2.65. The maximum atomic E-state index is 12.9. The first kappa shape index (κ1) is 23.9. The van der Waals surface area contributed by atoms with E-state index < -0.39 is 11.7 Å². The zero-order valence-electron chi connectivity index (χ0n) is 15.5. The minimum atomic E-state index is -4.44. The normalized spacial score (nSPS) is 11.5. The zero-order chi connectivity index (χ0) is 19.5. The van der Waals surface area contributed by atoms with E-state index in [2.05, 4.69) is 30.9 Å². The van der Waals surface area contributed by atoms with E-state index in [1.807, 2.05) is 25.1 Å². The molecule has 2 aromatic heterocycles. The lowest BCUT2D eigenvalue weighted by molar-refractivity contribution is -0.137. The van der Waals surface area contributed by atoms with E-state index in [-0.39, 0.29) is 36.3 Å². The highest BCUT2D eigenvalue weighted by Gasteiger charge is 2.33. The van der Waals surface area contributed by atoms with Crippen LogP contribution in [0.15, 0.2) is 47.7 Å². The fourth-order valence-electron chi connectivity index (χ4n) is 2.31. The summed E-state index contributed by atoms with van der Waals surface area (Å²) in [4.78, 5) is 12.5. The van der Waals surface area contributed by atoms with E-state index in [4.69, 9.17) is 0 Å². The van der Waals surface area contributed by atoms with Gasteiger partial charge in [0.25, 0.3) is 0 Å². The van der Waals surface area contributed by atoms with Crippen LogP contribution < -0.4 is 16.0 Å². The van der Waals surface area contributed by atoms with Crippen molar-refractivity contribution in [3.05, 3.63) is 54.0 Å². The van der Waals surface area contributed by atoms with Crippen molar-refractivity contribution in [2.45, 2.75) is 19.5 Å². The Morgan fingerprint density at radius 1 is 1.04 bits per heavy atom. The van der Waals surface area contributed by atoms with Crippen LogP contribution in [0.4, 0.5) is 19.0 Å². The van der Waals surface area contributed by atoms with Crippen molar-refractivity contribution in [2.24, 2.45) is 4.99 Å². The van der Waals surface area contributed by atoms with Crippen LogP contribution in [0.5, 0.6) is 0 Å². The number of aromatic nitrogens is 2. The number of nitrogens with zero attached hydrogens (tertiary/aromatic N) is 3. The average molecular weight is 508 g/mol. The van der Waals surface area contributed by atoms with Gasteiger partial charge >= 0.3 is 6.18 Å². The van der Waals surface area contributed by atoms with Gasteiger partial charge in [0.05, 0.1) is 5.56 Å². The number of aliphatic imine (C=N–C) groups is 1. The molecule has 0 bridgehead atoms. The predicted octanol–water partition coefficient (Wildman–Crippen LogP) is 3.32. The summed E-state index contributed by atoms with van der Waals surface area (Å²) in [7, 11) is 0. The lowest BCUT2D eigenvalue weighted by Gasteiger charge is -2.14. The van der Waals surface area contributed by atoms with E-state index >= 15 is 0 Å². The zero-order valence-corrected chi connectivity index (χ0v) is 17.8. The molecule has 0 unspecified atom stereocenters. The number of guanidine groups is 1. The standard InChI is InChI=1S/C18H23F3N6.HI/c1-2-22-17(26-11-8-14-6-3-4-9-23-14)27-13-12-25-16-15(18(19,20)21)7-5-10-24-16;/h3-7,9-10H,2,8,11-13H2,1H3,(H,24,25)(H2,22,26,27);1H. The molecule has 0 aromatic carbocycles. The molecule has 0 aliphatic rings. The molecule has 0 atom stereocenters. The number of alkyl halides is 3. The van der Waals surface area contributed by atoms with Crippen LogP contribution in [0.3, 0.4) is 0 Å². The molecule has 0 saturated carbocycles. The van der Waals surface area contributed by atoms with E-state index in [1.165, 1.54) is 12.3 Å². The number of rotatable bonds is 8. The molecule has 0 aliphatic carbocycles. The molecule has 0 saturated heterocycles. The molecule has 6 nitrogen and oxygen atoms in total. The topological polar surface area (TPSA) is 74.2 Å². The molecule has 154 valence electrons. The summed E-state index contributed by atoms with van der Waals surface area (Å²) in [5.41, 5.74) is 0.175. The quantitative estimate of drug-likeness (QED) is 0.221. The van der Waals surface area contributed by atoms with Crippen LogP contribution in [-0.2, 0) is 12.6 Å². The SMILES string of the molecule is CCNC(=NCCc1ccccn1)NCCNc1ncccc1C(F)(F)F.I. The van der Waals surface area contributed by atoms with Crippen molar-refractivity contribution in [3.63, 3.8) is 0 Å². The Bertz CT molecular complexity index is 725. The van der Waals surface area contributed by atoms with Gasteiger partial charge in [-0.05, 0) is 31.2 Å². The molecule has 0 fully saturated rings. The van der Waals surface area contributed by atoms with Gasteiger partial charge in [-0.3, -0.25) is 9.98 Å². The fraction of sp³-hybridized carbons (Fsp3) is 0.389. The first-order valence-electron chi connectivity index (χ1n) is 8.69. The summed E-state index contributed by atoms with van der Waals surface area (Å²) >= 11 is 0. The lowest BCUT2D eigenvalue weighted by Crippen LogP contribution is -2.39. The van der Waals surface area contributed by atoms with Crippen molar-refractivity contribution in [3.8, 4) is 0 Å². The van der Waals surface area contributed by atoms with Crippen molar-refractivity contribution in [1.29, 1.82) is 0 Å². The third kappa shape index (κ3) is 8.28. The Balaban J connectivity index is 0.00000392. The summed E-state index contributed by atoms with van der Waals surface area (Å²) in [5.74, 6) is 0.427. The number of hydrogen-bond donors (Lipinski definition) is 3. The lowest BCUT2D eigenvalue weighted by atomic mass is 10.2. The van der Waals surface area contributed by atoms with Crippen molar-refractivity contribution in [2.75, 3.05) is 31.5 Å². The Morgan fingerprint density at radius 2 is 1.82 bits per heavy atom. The van der Waals surface area contributed by atoms with Gasteiger partial charge in [-0.1, -0.05) is 6.07 Å². The molecule has 10 heteroatoms. The van der Waals surface area contributed by atoms with E-state index in [0.29, 0.717) is 32.0 Å². The number of anilines is 1. The van der Waals surface area contributed by atoms with Crippen LogP contribution in [0, 0.1) is 0 Å². The Labute approximate surface area is 179 Å². The molecule has 2 aromatic rings. The third-order valence-corrected chi connectivity index (χ3v) is 3.53. The summed E-state index contributed by atoms with van der Waals surface area (Å²) in [6, 6.07) is 7.99. The fourth-order valence-corrected chi connectivity index (χ4v) is 2.31. The van der Waals surface area contributed by atoms with Crippen molar-refractivity contribution >= 4 is 35.8 Å². The maximum Gasteiger partial charge on any atom is 0.419 e. The second kappa shape index (κ2) is 12.4. The summed E-state index contributed by atoms with van der Waals surface area (Å²) in [5, 5.41) is 8.89. The summed E-state index contributed by atoms with van der Waals surface area (Å²) in [6.45, 7) is 3.84. The van der Waals surface area contributed by atoms with Crippen LogP contribution >= 0.6 is 24.0 Å². The highest BCUT2D eigenvalue weighted by atomic mass is 127. The van der Waals surface area contributed by atoms with Gasteiger partial charge in [-0.2, -0.15) is 13.2 Å². The molecule has 0 radical (unpaired) electrons. The smallest absolute Gasteiger partial charge is 0.368 e. The Kier molecular flexibility index (Phi) is 10.6. The largest absolute Gasteiger partial charge is 0.419 e. The van der Waals surface area contributed by atoms with E-state index in [1.54, 1.807) is 6.20 Å². The van der Waals surface area contributed by atoms with Gasteiger partial charge in [-0.25, -0.2) is 4.98 Å². The molecule has 2 heterocycles. The number of hydrogen-bond acceptors (Lipinski definition) is 4. The molecule has 2 rings (SSSR count). The number of nitrogens with one attached hydrogen (secondary N) is 3. The summed E-state index contributed by atoms with van der Waals surface area (Å²) < 4.78 is 38.8. The van der Waals surface area contributed by atoms with Gasteiger partial charge in [0.1, 0.15) is 5.82 Å². The van der Waals surface area contributed by atoms with Crippen molar-refractivity contribution < 1.29 is 13.2 Å². The van der Waals surface area contributed by atoms with Crippen LogP contribution in [0.2, 0.25) is 0 Å². The predicted molar refractivity (Wildman–Crippen MR) is 115 cm³/mol. The number of pyridine rings is 2. The van der Waals surface area contributed by atoms with Gasteiger partial charge in [0, 0.05) is 50.7 Å². The minimum absolute atomic E-state index is 0. The number of halogens is 4. The van der Waals surface area contributed by atoms with Crippen LogP contribution in [-0.4, -0.2) is 42.1 Å². The minimum Gasteiger partial charge on any atom is -0.368 e. The highest BCUT2D eigenvalue weighted by Crippen LogP contribution is 2.33. The molecule has 28 heavy (non-hydrogen) atoms. The maximum absolute atomic E-state index is 12.9. The first-order valence-corrected chi connectivity index (χ1v) is 8.69. The second-order valence-corrected chi connectivity index (χ2v) is 5.58. The van der Waals surface area contributed by atoms with Gasteiger partial charge < -0.3 is 16.0 Å². The van der Waals surface area contributed by atoms with Crippen LogP contribution in [0.25, 0.3) is 0 Å². The van der Waals surface area contributed by atoms with E-state index in [9.17, 15) is 13.2 Å². The second-order valence-electron chi connectivity index (χ2n) is 5.58. The third-order valence-electron chi connectivity index (χ3n) is 3.53. The molecular formula is C18H24F3IN6. The van der Waals surface area contributed by atoms with Crippen molar-refractivity contribution in [1.82, 2.24) is 20.6 Å². The molecule has 3 N–H and O–H groups in total. The monoisotopic (exact) mass is 508 g/mol. The molecular weight excluding hydrogens is 484 g/mol. The molecule has 0 spiro atoms. The van der Waals surface area contributed by atoms with Gasteiger partial charge in [0.2, 0.25) is 0 Å². The molecule has 0 aliphatic heterocycles. The summed E-state index contributed by atoms with van der Waals surface area (Å²) in [6.07, 6.45) is -0.667. The Morgan fingerprint density at radius 3 is 2.50 bits per heavy atom.